The van der Waals surface area contributed by atoms with Gasteiger partial charge in [0.25, 0.3) is 0 Å². The largest absolute Gasteiger partial charge is 0.278 e. The van der Waals surface area contributed by atoms with Gasteiger partial charge in [0.2, 0.25) is 0 Å². The lowest BCUT2D eigenvalue weighted by molar-refractivity contribution is 1.29. The molecule has 86 valence electrons. The molecule has 0 spiro atoms. The summed E-state index contributed by atoms with van der Waals surface area (Å²) in [5.41, 5.74) is 5.96. The van der Waals surface area contributed by atoms with E-state index in [-0.39, 0.29) is 0 Å². The molecule has 1 heterocycles. The Morgan fingerprint density at radius 1 is 1.12 bits per heavy atom. The number of hydrazone groups is 1. The molecule has 1 N–H and O–H groups in total. The molecule has 0 aliphatic heterocycles. The molecule has 0 saturated heterocycles. The van der Waals surface area contributed by atoms with Gasteiger partial charge in [-0.05, 0) is 43.3 Å². The number of hydrogen-bond acceptors (Lipinski definition) is 3. The van der Waals surface area contributed by atoms with Crippen LogP contribution in [0.5, 0.6) is 0 Å². The van der Waals surface area contributed by atoms with Crippen LogP contribution >= 0.6 is 15.9 Å². The minimum absolute atomic E-state index is 0.926. The minimum atomic E-state index is 0.926. The molecular formula is C13H12BrN3. The monoisotopic (exact) mass is 289 g/mol. The van der Waals surface area contributed by atoms with Crippen molar-refractivity contribution in [1.29, 1.82) is 0 Å². The summed E-state index contributed by atoms with van der Waals surface area (Å²) in [6.45, 7) is 1.96. The normalized spacial score (nSPS) is 11.3. The molecular weight excluding hydrogens is 278 g/mol. The minimum Gasteiger partial charge on any atom is -0.278 e. The van der Waals surface area contributed by atoms with Gasteiger partial charge in [-0.2, -0.15) is 5.10 Å². The number of rotatable bonds is 3. The van der Waals surface area contributed by atoms with E-state index in [4.69, 9.17) is 0 Å². The molecule has 0 saturated carbocycles. The number of benzene rings is 1. The summed E-state index contributed by atoms with van der Waals surface area (Å²) in [7, 11) is 0. The molecule has 0 aliphatic carbocycles. The van der Waals surface area contributed by atoms with Crippen molar-refractivity contribution in [1.82, 2.24) is 4.98 Å². The first-order valence-corrected chi connectivity index (χ1v) is 6.01. The Morgan fingerprint density at radius 3 is 2.41 bits per heavy atom. The zero-order valence-corrected chi connectivity index (χ0v) is 11.0. The van der Waals surface area contributed by atoms with Crippen LogP contribution in [0.1, 0.15) is 12.5 Å². The highest BCUT2D eigenvalue weighted by atomic mass is 79.9. The second-order valence-corrected chi connectivity index (χ2v) is 4.47. The molecule has 3 nitrogen and oxygen atoms in total. The van der Waals surface area contributed by atoms with Crippen molar-refractivity contribution >= 4 is 27.3 Å². The van der Waals surface area contributed by atoms with Crippen molar-refractivity contribution in [2.75, 3.05) is 5.43 Å². The van der Waals surface area contributed by atoms with E-state index in [2.05, 4.69) is 31.4 Å². The van der Waals surface area contributed by atoms with Gasteiger partial charge in [-0.25, -0.2) is 0 Å². The Kier molecular flexibility index (Phi) is 3.88. The Morgan fingerprint density at radius 2 is 1.76 bits per heavy atom. The molecule has 17 heavy (non-hydrogen) atoms. The second-order valence-electron chi connectivity index (χ2n) is 3.55. The summed E-state index contributed by atoms with van der Waals surface area (Å²) < 4.78 is 1.05. The third-order valence-electron chi connectivity index (χ3n) is 2.30. The van der Waals surface area contributed by atoms with Crippen LogP contribution in [0.15, 0.2) is 58.4 Å². The van der Waals surface area contributed by atoms with Crippen LogP contribution in [0.25, 0.3) is 0 Å². The predicted molar refractivity (Wildman–Crippen MR) is 74.2 cm³/mol. The quantitative estimate of drug-likeness (QED) is 0.691. The standard InChI is InChI=1S/C13H12BrN3/c1-10(11-6-8-15-9-7-11)16-17-13-4-2-12(14)3-5-13/h2-9,17H,1H3. The number of nitrogens with zero attached hydrogens (tertiary/aromatic N) is 2. The highest BCUT2D eigenvalue weighted by Crippen LogP contribution is 2.14. The van der Waals surface area contributed by atoms with Gasteiger partial charge in [-0.3, -0.25) is 10.4 Å². The number of nitrogens with one attached hydrogen (secondary N) is 1. The van der Waals surface area contributed by atoms with Crippen molar-refractivity contribution in [3.05, 3.63) is 58.8 Å². The molecule has 0 amide bonds. The number of halogens is 1. The van der Waals surface area contributed by atoms with E-state index in [1.807, 2.05) is 43.3 Å². The third-order valence-corrected chi connectivity index (χ3v) is 2.82. The van der Waals surface area contributed by atoms with Gasteiger partial charge in [0, 0.05) is 22.4 Å². The predicted octanol–water partition coefficient (Wildman–Crippen LogP) is 3.68. The molecule has 0 bridgehead atoms. The van der Waals surface area contributed by atoms with Gasteiger partial charge in [-0.15, -0.1) is 0 Å². The fraction of sp³-hybridized carbons (Fsp3) is 0.0769. The fourth-order valence-corrected chi connectivity index (χ4v) is 1.59. The first kappa shape index (κ1) is 11.8. The van der Waals surface area contributed by atoms with E-state index in [1.165, 1.54) is 0 Å². The van der Waals surface area contributed by atoms with Crippen molar-refractivity contribution in [2.45, 2.75) is 6.92 Å². The zero-order chi connectivity index (χ0) is 12.1. The molecule has 1 aromatic carbocycles. The van der Waals surface area contributed by atoms with Crippen LogP contribution in [0.3, 0.4) is 0 Å². The summed E-state index contributed by atoms with van der Waals surface area (Å²) >= 11 is 3.39. The highest BCUT2D eigenvalue weighted by molar-refractivity contribution is 9.10. The van der Waals surface area contributed by atoms with E-state index >= 15 is 0 Å². The second kappa shape index (κ2) is 5.59. The molecule has 4 heteroatoms. The van der Waals surface area contributed by atoms with Crippen molar-refractivity contribution in [3.63, 3.8) is 0 Å². The van der Waals surface area contributed by atoms with E-state index < -0.39 is 0 Å². The van der Waals surface area contributed by atoms with Crippen molar-refractivity contribution in [2.24, 2.45) is 5.10 Å². The lowest BCUT2D eigenvalue weighted by atomic mass is 10.2. The SMILES string of the molecule is CC(=NNc1ccc(Br)cc1)c1ccncc1. The van der Waals surface area contributed by atoms with E-state index in [0.29, 0.717) is 0 Å². The maximum atomic E-state index is 4.32. The lowest BCUT2D eigenvalue weighted by Crippen LogP contribution is -1.99. The number of hydrogen-bond donors (Lipinski definition) is 1. The van der Waals surface area contributed by atoms with Gasteiger partial charge in [-0.1, -0.05) is 15.9 Å². The molecule has 2 rings (SSSR count). The van der Waals surface area contributed by atoms with E-state index in [0.717, 1.165) is 21.4 Å². The molecule has 0 aliphatic rings. The van der Waals surface area contributed by atoms with Gasteiger partial charge in [0.1, 0.15) is 0 Å². The number of pyridine rings is 1. The van der Waals surface area contributed by atoms with Crippen LogP contribution in [0, 0.1) is 0 Å². The summed E-state index contributed by atoms with van der Waals surface area (Å²) in [5, 5.41) is 4.32. The van der Waals surface area contributed by atoms with Gasteiger partial charge in [0.05, 0.1) is 11.4 Å². The molecule has 1 aromatic heterocycles. The van der Waals surface area contributed by atoms with E-state index in [9.17, 15) is 0 Å². The fourth-order valence-electron chi connectivity index (χ4n) is 1.33. The summed E-state index contributed by atoms with van der Waals surface area (Å²) in [6, 6.07) is 11.7. The van der Waals surface area contributed by atoms with Crippen molar-refractivity contribution < 1.29 is 0 Å². The van der Waals surface area contributed by atoms with Crippen molar-refractivity contribution in [3.8, 4) is 0 Å². The number of anilines is 1. The van der Waals surface area contributed by atoms with Gasteiger partial charge in [0.15, 0.2) is 0 Å². The summed E-state index contributed by atoms with van der Waals surface area (Å²) in [6.07, 6.45) is 3.52. The average molecular weight is 290 g/mol. The van der Waals surface area contributed by atoms with Crippen LogP contribution in [-0.2, 0) is 0 Å². The van der Waals surface area contributed by atoms with Crippen LogP contribution in [0.4, 0.5) is 5.69 Å². The van der Waals surface area contributed by atoms with Gasteiger partial charge >= 0.3 is 0 Å². The summed E-state index contributed by atoms with van der Waals surface area (Å²) in [5.74, 6) is 0. The molecule has 2 aromatic rings. The lowest BCUT2D eigenvalue weighted by Gasteiger charge is -2.03. The first-order valence-electron chi connectivity index (χ1n) is 5.22. The van der Waals surface area contributed by atoms with Gasteiger partial charge < -0.3 is 0 Å². The topological polar surface area (TPSA) is 37.3 Å². The maximum absolute atomic E-state index is 4.32. The van der Waals surface area contributed by atoms with Crippen LogP contribution in [-0.4, -0.2) is 10.7 Å². The Hall–Kier alpha value is -1.68. The highest BCUT2D eigenvalue weighted by Gasteiger charge is 1.96. The Balaban J connectivity index is 2.08. The molecule has 0 radical (unpaired) electrons. The Bertz CT molecular complexity index is 506. The number of aromatic nitrogens is 1. The van der Waals surface area contributed by atoms with E-state index in [1.54, 1.807) is 12.4 Å². The smallest absolute Gasteiger partial charge is 0.0649 e. The molecule has 0 fully saturated rings. The third kappa shape index (κ3) is 3.39. The maximum Gasteiger partial charge on any atom is 0.0649 e. The molecule has 0 unspecified atom stereocenters. The summed E-state index contributed by atoms with van der Waals surface area (Å²) in [4.78, 5) is 3.98. The zero-order valence-electron chi connectivity index (χ0n) is 9.39. The Labute approximate surface area is 109 Å². The first-order chi connectivity index (χ1) is 8.25. The molecule has 0 atom stereocenters. The van der Waals surface area contributed by atoms with Crippen LogP contribution < -0.4 is 5.43 Å². The average Bonchev–Trinajstić information content (AvgIpc) is 2.39. The van der Waals surface area contributed by atoms with Crippen LogP contribution in [0.2, 0.25) is 0 Å².